The number of anilines is 1. The highest BCUT2D eigenvalue weighted by Gasteiger charge is 2.16. The van der Waals surface area contributed by atoms with Crippen LogP contribution >= 0.6 is 0 Å². The second-order valence-electron chi connectivity index (χ2n) is 4.98. The minimum Gasteiger partial charge on any atom is -0.426 e. The van der Waals surface area contributed by atoms with Crippen LogP contribution in [0, 0.1) is 0 Å². The van der Waals surface area contributed by atoms with Crippen molar-refractivity contribution in [1.82, 2.24) is 0 Å². The molecule has 3 nitrogen and oxygen atoms in total. The number of hydrogen-bond donors (Lipinski definition) is 1. The van der Waals surface area contributed by atoms with Crippen molar-refractivity contribution < 1.29 is 4.74 Å². The molecular formula is C18H14N2O. The average Bonchev–Trinajstić information content (AvgIpc) is 2.55. The molecule has 0 radical (unpaired) electrons. The molecule has 102 valence electrons. The number of para-hydroxylation sites is 1. The van der Waals surface area contributed by atoms with Gasteiger partial charge < -0.3 is 10.1 Å². The van der Waals surface area contributed by atoms with E-state index < -0.39 is 0 Å². The van der Waals surface area contributed by atoms with Gasteiger partial charge in [-0.1, -0.05) is 48.5 Å². The highest BCUT2D eigenvalue weighted by atomic mass is 16.5. The quantitative estimate of drug-likeness (QED) is 0.721. The van der Waals surface area contributed by atoms with E-state index in [0.29, 0.717) is 12.6 Å². The van der Waals surface area contributed by atoms with Gasteiger partial charge in [0.2, 0.25) is 0 Å². The van der Waals surface area contributed by atoms with Crippen molar-refractivity contribution in [2.24, 2.45) is 4.99 Å². The Balaban J connectivity index is 1.66. The third kappa shape index (κ3) is 2.23. The second kappa shape index (κ2) is 4.94. The molecule has 3 aromatic rings. The van der Waals surface area contributed by atoms with E-state index in [-0.39, 0.29) is 0 Å². The second-order valence-corrected chi connectivity index (χ2v) is 4.98. The summed E-state index contributed by atoms with van der Waals surface area (Å²) in [7, 11) is 0. The first kappa shape index (κ1) is 12.0. The first-order valence-electron chi connectivity index (χ1n) is 6.95. The molecule has 3 heteroatoms. The summed E-state index contributed by atoms with van der Waals surface area (Å²) in [4.78, 5) is 4.50. The Morgan fingerprint density at radius 2 is 1.67 bits per heavy atom. The molecule has 4 rings (SSSR count). The maximum atomic E-state index is 5.88. The van der Waals surface area contributed by atoms with Gasteiger partial charge in [0.25, 0.3) is 6.02 Å². The minimum absolute atomic E-state index is 0.545. The highest BCUT2D eigenvalue weighted by Crippen LogP contribution is 2.31. The molecule has 0 saturated carbocycles. The van der Waals surface area contributed by atoms with Crippen molar-refractivity contribution in [2.45, 2.75) is 6.54 Å². The van der Waals surface area contributed by atoms with Crippen LogP contribution in [0.4, 0.5) is 5.69 Å². The summed E-state index contributed by atoms with van der Waals surface area (Å²) >= 11 is 0. The Hall–Kier alpha value is -2.81. The fourth-order valence-electron chi connectivity index (χ4n) is 2.57. The molecule has 1 aliphatic rings. The van der Waals surface area contributed by atoms with Crippen LogP contribution in [-0.2, 0) is 6.54 Å². The predicted octanol–water partition coefficient (Wildman–Crippen LogP) is 4.20. The standard InChI is InChI=1S/C18H14N2O/c1-2-7-14(8-3-1)20-18-19-12-16-15-9-5-4-6-13(15)10-11-17(16)21-18/h1-11H,12H2,(H,19,20). The molecule has 0 amide bonds. The molecule has 0 aromatic heterocycles. The number of amidine groups is 1. The molecule has 1 aliphatic heterocycles. The number of benzene rings is 3. The molecule has 0 unspecified atom stereocenters. The molecule has 0 spiro atoms. The third-order valence-corrected chi connectivity index (χ3v) is 3.61. The molecule has 0 fully saturated rings. The Bertz CT molecular complexity index is 825. The first-order chi connectivity index (χ1) is 10.4. The van der Waals surface area contributed by atoms with E-state index in [9.17, 15) is 0 Å². The van der Waals surface area contributed by atoms with Gasteiger partial charge in [0.1, 0.15) is 5.75 Å². The number of rotatable bonds is 1. The molecular weight excluding hydrogens is 260 g/mol. The van der Waals surface area contributed by atoms with Gasteiger partial charge in [0, 0.05) is 11.3 Å². The minimum atomic E-state index is 0.545. The lowest BCUT2D eigenvalue weighted by Gasteiger charge is -2.19. The molecule has 0 bridgehead atoms. The van der Waals surface area contributed by atoms with Crippen LogP contribution in [0.25, 0.3) is 10.8 Å². The zero-order valence-corrected chi connectivity index (χ0v) is 11.4. The topological polar surface area (TPSA) is 33.6 Å². The van der Waals surface area contributed by atoms with E-state index in [2.05, 4.69) is 28.5 Å². The lowest BCUT2D eigenvalue weighted by molar-refractivity contribution is 0.523. The molecule has 1 heterocycles. The van der Waals surface area contributed by atoms with Crippen molar-refractivity contribution in [3.8, 4) is 5.75 Å². The summed E-state index contributed by atoms with van der Waals surface area (Å²) in [5.74, 6) is 0.877. The number of nitrogens with zero attached hydrogens (tertiary/aromatic N) is 1. The van der Waals surface area contributed by atoms with Crippen LogP contribution in [-0.4, -0.2) is 6.02 Å². The van der Waals surface area contributed by atoms with E-state index >= 15 is 0 Å². The van der Waals surface area contributed by atoms with Crippen molar-refractivity contribution in [1.29, 1.82) is 0 Å². The van der Waals surface area contributed by atoms with Crippen LogP contribution in [0.5, 0.6) is 5.75 Å². The van der Waals surface area contributed by atoms with Gasteiger partial charge in [-0.2, -0.15) is 0 Å². The van der Waals surface area contributed by atoms with Crippen LogP contribution in [0.2, 0.25) is 0 Å². The van der Waals surface area contributed by atoms with E-state index in [4.69, 9.17) is 4.74 Å². The van der Waals surface area contributed by atoms with Gasteiger partial charge in [-0.15, -0.1) is 0 Å². The fourth-order valence-corrected chi connectivity index (χ4v) is 2.57. The van der Waals surface area contributed by atoms with Crippen molar-refractivity contribution >= 4 is 22.5 Å². The van der Waals surface area contributed by atoms with Crippen molar-refractivity contribution in [2.75, 3.05) is 5.32 Å². The Morgan fingerprint density at radius 1 is 0.857 bits per heavy atom. The van der Waals surface area contributed by atoms with E-state index in [1.807, 2.05) is 48.5 Å². The monoisotopic (exact) mass is 274 g/mol. The van der Waals surface area contributed by atoms with E-state index in [1.165, 1.54) is 10.8 Å². The third-order valence-electron chi connectivity index (χ3n) is 3.61. The Labute approximate surface area is 122 Å². The molecule has 0 aliphatic carbocycles. The van der Waals surface area contributed by atoms with Gasteiger partial charge >= 0.3 is 0 Å². The molecule has 0 atom stereocenters. The van der Waals surface area contributed by atoms with Crippen LogP contribution < -0.4 is 10.1 Å². The van der Waals surface area contributed by atoms with Gasteiger partial charge in [-0.25, -0.2) is 4.99 Å². The maximum absolute atomic E-state index is 5.88. The fraction of sp³-hybridized carbons (Fsp3) is 0.0556. The highest BCUT2D eigenvalue weighted by molar-refractivity contribution is 5.94. The summed E-state index contributed by atoms with van der Waals surface area (Å²) in [5.41, 5.74) is 2.12. The van der Waals surface area contributed by atoms with E-state index in [1.54, 1.807) is 0 Å². The molecule has 3 aromatic carbocycles. The predicted molar refractivity (Wildman–Crippen MR) is 85.8 cm³/mol. The first-order valence-corrected chi connectivity index (χ1v) is 6.95. The average molecular weight is 274 g/mol. The maximum Gasteiger partial charge on any atom is 0.295 e. The van der Waals surface area contributed by atoms with Crippen molar-refractivity contribution in [3.05, 3.63) is 72.3 Å². The zero-order chi connectivity index (χ0) is 14.1. The molecule has 1 N–H and O–H groups in total. The van der Waals surface area contributed by atoms with Gasteiger partial charge in [0.15, 0.2) is 0 Å². The van der Waals surface area contributed by atoms with Crippen LogP contribution in [0.3, 0.4) is 0 Å². The summed E-state index contributed by atoms with van der Waals surface area (Å²) in [6, 6.07) is 22.9. The van der Waals surface area contributed by atoms with Crippen LogP contribution in [0.15, 0.2) is 71.7 Å². The summed E-state index contributed by atoms with van der Waals surface area (Å²) in [6.45, 7) is 0.631. The SMILES string of the molecule is c1ccc(NC2=NCc3c(ccc4ccccc34)O2)cc1. The number of ether oxygens (including phenoxy) is 1. The van der Waals surface area contributed by atoms with Gasteiger partial charge in [0.05, 0.1) is 6.54 Å². The molecule has 21 heavy (non-hydrogen) atoms. The normalized spacial score (nSPS) is 13.2. The molecule has 0 saturated heterocycles. The number of hydrogen-bond acceptors (Lipinski definition) is 3. The number of aliphatic imine (C=N–C) groups is 1. The largest absolute Gasteiger partial charge is 0.426 e. The Morgan fingerprint density at radius 3 is 2.57 bits per heavy atom. The lowest BCUT2D eigenvalue weighted by atomic mass is 10.0. The van der Waals surface area contributed by atoms with Crippen molar-refractivity contribution in [3.63, 3.8) is 0 Å². The van der Waals surface area contributed by atoms with Gasteiger partial charge in [-0.05, 0) is 29.0 Å². The summed E-state index contributed by atoms with van der Waals surface area (Å²) in [5, 5.41) is 5.62. The summed E-state index contributed by atoms with van der Waals surface area (Å²) in [6.07, 6.45) is 0. The van der Waals surface area contributed by atoms with Gasteiger partial charge in [-0.3, -0.25) is 0 Å². The Kier molecular flexibility index (Phi) is 2.82. The zero-order valence-electron chi connectivity index (χ0n) is 11.4. The van der Waals surface area contributed by atoms with Crippen LogP contribution in [0.1, 0.15) is 5.56 Å². The number of fused-ring (bicyclic) bond motifs is 3. The van der Waals surface area contributed by atoms with E-state index in [0.717, 1.165) is 17.0 Å². The summed E-state index contributed by atoms with van der Waals surface area (Å²) < 4.78 is 5.88. The lowest BCUT2D eigenvalue weighted by Crippen LogP contribution is -2.23. The smallest absolute Gasteiger partial charge is 0.295 e. The number of nitrogens with one attached hydrogen (secondary N) is 1.